The van der Waals surface area contributed by atoms with E-state index in [-0.39, 0.29) is 18.9 Å². The van der Waals surface area contributed by atoms with E-state index in [1.165, 1.54) is 7.11 Å². The lowest BCUT2D eigenvalue weighted by Gasteiger charge is -2.21. The predicted molar refractivity (Wildman–Crippen MR) is 115 cm³/mol. The van der Waals surface area contributed by atoms with Gasteiger partial charge in [-0.25, -0.2) is 4.79 Å². The molecule has 2 aromatic rings. The summed E-state index contributed by atoms with van der Waals surface area (Å²) >= 11 is 0. The van der Waals surface area contributed by atoms with Crippen LogP contribution in [-0.2, 0) is 30.3 Å². The summed E-state index contributed by atoms with van der Waals surface area (Å²) in [7, 11) is 1.42. The third kappa shape index (κ3) is 6.87. The summed E-state index contributed by atoms with van der Waals surface area (Å²) in [6.45, 7) is 5.37. The summed E-state index contributed by atoms with van der Waals surface area (Å²) in [6, 6.07) is 4.97. The van der Waals surface area contributed by atoms with Crippen molar-refractivity contribution in [3.63, 3.8) is 0 Å². The van der Waals surface area contributed by atoms with Crippen molar-refractivity contribution in [3.05, 3.63) is 41.1 Å². The minimum Gasteiger partial charge on any atom is -0.461 e. The van der Waals surface area contributed by atoms with E-state index in [0.717, 1.165) is 28.2 Å². The fourth-order valence-electron chi connectivity index (χ4n) is 3.19. The monoisotopic (exact) mass is 428 g/mol. The number of aromatic amines is 1. The number of ether oxygens (including phenoxy) is 2. The van der Waals surface area contributed by atoms with E-state index in [1.54, 1.807) is 13.8 Å². The van der Waals surface area contributed by atoms with Crippen molar-refractivity contribution >= 4 is 34.8 Å². The standard InChI is InChI=1S/C22H28N4O5/c1-13(2)31-22(29)19(8-6-16(27)12-25-23)26-21(28)20(30-4)10-15-11-24-18-7-5-14(3)9-17(15)18/h5,7,9,11-13,19-20,24H,6,8,10H2,1-4H3,(H,26,28)/t19-,20-/m0/s1. The number of Topliss-reactive ketones (excluding diaryl/α,β-unsaturated/α-hetero) is 1. The van der Waals surface area contributed by atoms with Gasteiger partial charge in [-0.1, -0.05) is 11.6 Å². The number of hydrogen-bond donors (Lipinski definition) is 2. The molecule has 9 nitrogen and oxygen atoms in total. The highest BCUT2D eigenvalue weighted by Gasteiger charge is 2.28. The summed E-state index contributed by atoms with van der Waals surface area (Å²) in [5, 5.41) is 3.63. The Hall–Kier alpha value is -3.29. The molecular formula is C22H28N4O5. The number of esters is 1. The maximum atomic E-state index is 12.9. The van der Waals surface area contributed by atoms with E-state index in [1.807, 2.05) is 31.3 Å². The number of fused-ring (bicyclic) bond motifs is 1. The molecule has 0 aliphatic heterocycles. The first kappa shape index (κ1) is 24.0. The van der Waals surface area contributed by atoms with Gasteiger partial charge in [-0.2, -0.15) is 4.79 Å². The van der Waals surface area contributed by atoms with E-state index < -0.39 is 29.8 Å². The summed E-state index contributed by atoms with van der Waals surface area (Å²) in [4.78, 5) is 42.8. The predicted octanol–water partition coefficient (Wildman–Crippen LogP) is 2.12. The molecule has 0 radical (unpaired) electrons. The second-order valence-corrected chi connectivity index (χ2v) is 7.59. The molecule has 0 spiro atoms. The van der Waals surface area contributed by atoms with E-state index in [0.29, 0.717) is 6.42 Å². The molecule has 1 aromatic carbocycles. The molecule has 0 bridgehead atoms. The molecule has 166 valence electrons. The van der Waals surface area contributed by atoms with E-state index in [4.69, 9.17) is 15.0 Å². The Morgan fingerprint density at radius 1 is 1.29 bits per heavy atom. The number of methoxy groups -OCH3 is 1. The van der Waals surface area contributed by atoms with Gasteiger partial charge in [0.15, 0.2) is 0 Å². The van der Waals surface area contributed by atoms with Crippen molar-refractivity contribution in [1.29, 1.82) is 0 Å². The molecule has 1 heterocycles. The Bertz CT molecular complexity index is 991. The third-order valence-corrected chi connectivity index (χ3v) is 4.74. The van der Waals surface area contributed by atoms with Crippen LogP contribution in [0, 0.1) is 6.92 Å². The van der Waals surface area contributed by atoms with Gasteiger partial charge < -0.3 is 25.3 Å². The van der Waals surface area contributed by atoms with Crippen molar-refractivity contribution in [2.24, 2.45) is 0 Å². The van der Waals surface area contributed by atoms with Crippen molar-refractivity contribution in [2.75, 3.05) is 7.11 Å². The van der Waals surface area contributed by atoms with Crippen LogP contribution in [0.1, 0.15) is 37.8 Å². The number of H-pyrrole nitrogens is 1. The zero-order valence-corrected chi connectivity index (χ0v) is 18.2. The molecule has 9 heteroatoms. The number of amides is 1. The van der Waals surface area contributed by atoms with Gasteiger partial charge in [0.1, 0.15) is 12.1 Å². The zero-order chi connectivity index (χ0) is 23.0. The molecule has 2 rings (SSSR count). The van der Waals surface area contributed by atoms with Gasteiger partial charge >= 0.3 is 12.2 Å². The number of carbonyl (C=O) groups excluding carboxylic acids is 3. The van der Waals surface area contributed by atoms with Crippen LogP contribution in [0.15, 0.2) is 24.4 Å². The second kappa shape index (κ2) is 11.2. The first-order chi connectivity index (χ1) is 14.7. The number of aromatic nitrogens is 1. The molecule has 0 unspecified atom stereocenters. The van der Waals surface area contributed by atoms with Gasteiger partial charge in [-0.15, -0.1) is 0 Å². The largest absolute Gasteiger partial charge is 0.461 e. The molecule has 1 amide bonds. The molecule has 0 aliphatic rings. The van der Waals surface area contributed by atoms with Crippen LogP contribution in [0.5, 0.6) is 0 Å². The van der Waals surface area contributed by atoms with Gasteiger partial charge in [0.25, 0.3) is 0 Å². The summed E-state index contributed by atoms with van der Waals surface area (Å²) < 4.78 is 10.6. The topological polar surface area (TPSA) is 134 Å². The van der Waals surface area contributed by atoms with Crippen LogP contribution in [0.2, 0.25) is 0 Å². The fraction of sp³-hybridized carbons (Fsp3) is 0.455. The Morgan fingerprint density at radius 2 is 2.03 bits per heavy atom. The number of hydrogen-bond acceptors (Lipinski definition) is 5. The molecular weight excluding hydrogens is 400 g/mol. The second-order valence-electron chi connectivity index (χ2n) is 7.59. The minimum atomic E-state index is -1.03. The Kier molecular flexibility index (Phi) is 8.66. The molecule has 0 aliphatic carbocycles. The number of nitrogens with zero attached hydrogens (tertiary/aromatic N) is 2. The molecule has 2 atom stereocenters. The minimum absolute atomic E-state index is 0.00482. The average Bonchev–Trinajstić information content (AvgIpc) is 3.10. The number of carbonyl (C=O) groups is 3. The molecule has 1 aromatic heterocycles. The first-order valence-electron chi connectivity index (χ1n) is 10.1. The van der Waals surface area contributed by atoms with Gasteiger partial charge in [-0.3, -0.25) is 9.59 Å². The summed E-state index contributed by atoms with van der Waals surface area (Å²) in [5.41, 5.74) is 11.4. The zero-order valence-electron chi connectivity index (χ0n) is 18.2. The first-order valence-corrected chi connectivity index (χ1v) is 10.1. The molecule has 0 saturated heterocycles. The average molecular weight is 428 g/mol. The van der Waals surface area contributed by atoms with E-state index in [9.17, 15) is 14.4 Å². The lowest BCUT2D eigenvalue weighted by Crippen LogP contribution is -2.48. The van der Waals surface area contributed by atoms with Crippen molar-refractivity contribution in [1.82, 2.24) is 10.3 Å². The number of aryl methyl sites for hydroxylation is 1. The number of nitrogens with one attached hydrogen (secondary N) is 2. The van der Waals surface area contributed by atoms with Crippen molar-refractivity contribution < 1.29 is 28.6 Å². The third-order valence-electron chi connectivity index (χ3n) is 4.74. The van der Waals surface area contributed by atoms with Crippen LogP contribution in [0.3, 0.4) is 0 Å². The van der Waals surface area contributed by atoms with Gasteiger partial charge in [0, 0.05) is 37.1 Å². The summed E-state index contributed by atoms with van der Waals surface area (Å²) in [5.74, 6) is -1.61. The molecule has 0 saturated carbocycles. The summed E-state index contributed by atoms with van der Waals surface area (Å²) in [6.07, 6.45) is 1.57. The van der Waals surface area contributed by atoms with Gasteiger partial charge in [0.05, 0.1) is 6.10 Å². The van der Waals surface area contributed by atoms with Gasteiger partial charge in [0.2, 0.25) is 11.7 Å². The van der Waals surface area contributed by atoms with Crippen LogP contribution < -0.4 is 5.32 Å². The van der Waals surface area contributed by atoms with Crippen molar-refractivity contribution in [2.45, 2.75) is 58.3 Å². The Balaban J connectivity index is 2.14. The highest BCUT2D eigenvalue weighted by molar-refractivity contribution is 6.25. The van der Waals surface area contributed by atoms with E-state index >= 15 is 0 Å². The number of benzene rings is 1. The lowest BCUT2D eigenvalue weighted by atomic mass is 10.0. The van der Waals surface area contributed by atoms with Crippen LogP contribution in [-0.4, -0.2) is 59.0 Å². The highest BCUT2D eigenvalue weighted by atomic mass is 16.5. The van der Waals surface area contributed by atoms with Crippen molar-refractivity contribution in [3.8, 4) is 0 Å². The quantitative estimate of drug-likeness (QED) is 0.245. The number of ketones is 1. The van der Waals surface area contributed by atoms with Crippen LogP contribution in [0.25, 0.3) is 16.4 Å². The molecule has 0 fully saturated rings. The Labute approximate surface area is 180 Å². The maximum Gasteiger partial charge on any atom is 0.328 e. The molecule has 2 N–H and O–H groups in total. The molecule has 31 heavy (non-hydrogen) atoms. The maximum absolute atomic E-state index is 12.9. The SMILES string of the molecule is CO[C@@H](Cc1c[nH]c2ccc(C)cc12)C(=O)N[C@@H](CCC(=O)C=[N+]=[N-])C(=O)OC(C)C. The van der Waals surface area contributed by atoms with E-state index in [2.05, 4.69) is 15.1 Å². The normalized spacial score (nSPS) is 12.8. The van der Waals surface area contributed by atoms with Gasteiger partial charge in [-0.05, 0) is 44.9 Å². The lowest BCUT2D eigenvalue weighted by molar-refractivity contribution is -0.152. The highest BCUT2D eigenvalue weighted by Crippen LogP contribution is 2.21. The fourth-order valence-corrected chi connectivity index (χ4v) is 3.19. The smallest absolute Gasteiger partial charge is 0.328 e. The number of rotatable bonds is 11. The van der Waals surface area contributed by atoms with Crippen LogP contribution in [0.4, 0.5) is 0 Å². The Morgan fingerprint density at radius 3 is 2.68 bits per heavy atom. The van der Waals surface area contributed by atoms with Crippen LogP contribution >= 0.6 is 0 Å².